The van der Waals surface area contributed by atoms with Gasteiger partial charge in [0, 0.05) is 11.0 Å². The molecule has 6 nitrogen and oxygen atoms in total. The van der Waals surface area contributed by atoms with Crippen molar-refractivity contribution < 1.29 is 18.7 Å². The van der Waals surface area contributed by atoms with Crippen LogP contribution < -0.4 is 5.32 Å². The van der Waals surface area contributed by atoms with Crippen molar-refractivity contribution >= 4 is 66.2 Å². The Labute approximate surface area is 182 Å². The van der Waals surface area contributed by atoms with Gasteiger partial charge in [-0.05, 0) is 76.1 Å². The number of hydrogen-bond donors (Lipinski definition) is 1. The molecule has 2 aromatic rings. The van der Waals surface area contributed by atoms with Gasteiger partial charge in [-0.1, -0.05) is 0 Å². The van der Waals surface area contributed by atoms with Crippen LogP contribution in [0.2, 0.25) is 0 Å². The number of nitrogens with one attached hydrogen (secondary N) is 1. The highest BCUT2D eigenvalue weighted by Gasteiger charge is 2.27. The van der Waals surface area contributed by atoms with E-state index < -0.39 is 11.9 Å². The Morgan fingerprint density at radius 3 is 2.79 bits per heavy atom. The Hall–Kier alpha value is -1.89. The highest BCUT2D eigenvalue weighted by Crippen LogP contribution is 2.39. The standard InChI is InChI=1S/C19H16Br2N2O4S/c1-2-26-19(25)15-12-5-3-4-6-14(12)28-18(15)23-17(24)10(9-22)7-11-8-13(20)16(21)27-11/h7-8H,2-6H2,1H3,(H,23,24). The highest BCUT2D eigenvalue weighted by molar-refractivity contribution is 9.13. The molecule has 0 spiro atoms. The van der Waals surface area contributed by atoms with E-state index in [9.17, 15) is 14.9 Å². The van der Waals surface area contributed by atoms with Gasteiger partial charge in [0.25, 0.3) is 5.91 Å². The maximum absolute atomic E-state index is 12.7. The molecule has 146 valence electrons. The Kier molecular flexibility index (Phi) is 6.75. The second kappa shape index (κ2) is 9.07. The first-order valence-corrected chi connectivity index (χ1v) is 11.0. The summed E-state index contributed by atoms with van der Waals surface area (Å²) < 4.78 is 11.7. The van der Waals surface area contributed by atoms with Crippen molar-refractivity contribution in [3.63, 3.8) is 0 Å². The lowest BCUT2D eigenvalue weighted by Crippen LogP contribution is -2.16. The van der Waals surface area contributed by atoms with Crippen LogP contribution in [-0.4, -0.2) is 18.5 Å². The van der Waals surface area contributed by atoms with Crippen molar-refractivity contribution in [2.45, 2.75) is 32.6 Å². The normalized spacial score (nSPS) is 13.6. The van der Waals surface area contributed by atoms with Gasteiger partial charge in [-0.25, -0.2) is 4.79 Å². The summed E-state index contributed by atoms with van der Waals surface area (Å²) in [5.74, 6) is -0.699. The fourth-order valence-electron chi connectivity index (χ4n) is 2.97. The number of nitrogens with zero attached hydrogens (tertiary/aromatic N) is 1. The molecule has 9 heteroatoms. The van der Waals surface area contributed by atoms with E-state index in [4.69, 9.17) is 9.15 Å². The van der Waals surface area contributed by atoms with Gasteiger partial charge in [-0.15, -0.1) is 11.3 Å². The van der Waals surface area contributed by atoms with Crippen LogP contribution in [0, 0.1) is 11.3 Å². The molecule has 0 unspecified atom stereocenters. The zero-order valence-corrected chi connectivity index (χ0v) is 18.9. The zero-order chi connectivity index (χ0) is 20.3. The lowest BCUT2D eigenvalue weighted by molar-refractivity contribution is -0.112. The van der Waals surface area contributed by atoms with Crippen LogP contribution in [0.15, 0.2) is 25.2 Å². The van der Waals surface area contributed by atoms with Gasteiger partial charge in [0.1, 0.15) is 22.4 Å². The first kappa shape index (κ1) is 20.8. The molecule has 2 aromatic heterocycles. The number of ether oxygens (including phenoxy) is 1. The minimum Gasteiger partial charge on any atom is -0.462 e. The SMILES string of the molecule is CCOC(=O)c1c(NC(=O)C(C#N)=Cc2cc(Br)c(Br)o2)sc2c1CCCC2. The van der Waals surface area contributed by atoms with Crippen LogP contribution in [0.1, 0.15) is 46.3 Å². The summed E-state index contributed by atoms with van der Waals surface area (Å²) in [6, 6.07) is 3.52. The molecule has 1 aliphatic rings. The van der Waals surface area contributed by atoms with Gasteiger partial charge in [0.05, 0.1) is 16.6 Å². The molecule has 0 aliphatic heterocycles. The van der Waals surface area contributed by atoms with Crippen LogP contribution >= 0.6 is 43.2 Å². The molecule has 3 rings (SSSR count). The number of hydrogen-bond acceptors (Lipinski definition) is 6. The molecule has 0 radical (unpaired) electrons. The number of nitriles is 1. The van der Waals surface area contributed by atoms with Gasteiger partial charge in [-0.3, -0.25) is 4.79 Å². The van der Waals surface area contributed by atoms with Gasteiger partial charge in [0.2, 0.25) is 0 Å². The minimum atomic E-state index is -0.602. The van der Waals surface area contributed by atoms with E-state index in [0.717, 1.165) is 36.1 Å². The first-order chi connectivity index (χ1) is 13.4. The number of halogens is 2. The molecule has 1 aliphatic carbocycles. The molecule has 0 aromatic carbocycles. The number of furan rings is 1. The second-order valence-corrected chi connectivity index (χ2v) is 8.71. The van der Waals surface area contributed by atoms with E-state index in [1.54, 1.807) is 13.0 Å². The monoisotopic (exact) mass is 526 g/mol. The maximum atomic E-state index is 12.7. The van der Waals surface area contributed by atoms with Crippen LogP contribution in [0.3, 0.4) is 0 Å². The largest absolute Gasteiger partial charge is 0.462 e. The Bertz CT molecular complexity index is 981. The van der Waals surface area contributed by atoms with Gasteiger partial charge in [0.15, 0.2) is 4.67 Å². The van der Waals surface area contributed by atoms with Crippen LogP contribution in [-0.2, 0) is 22.4 Å². The van der Waals surface area contributed by atoms with Crippen molar-refractivity contribution in [2.24, 2.45) is 0 Å². The van der Waals surface area contributed by atoms with Crippen molar-refractivity contribution in [2.75, 3.05) is 11.9 Å². The summed E-state index contributed by atoms with van der Waals surface area (Å²) in [5, 5.41) is 12.6. The van der Waals surface area contributed by atoms with Gasteiger partial charge in [-0.2, -0.15) is 5.26 Å². The molecule has 1 amide bonds. The van der Waals surface area contributed by atoms with E-state index >= 15 is 0 Å². The summed E-state index contributed by atoms with van der Waals surface area (Å²) >= 11 is 7.88. The summed E-state index contributed by atoms with van der Waals surface area (Å²) in [6.45, 7) is 1.99. The lowest BCUT2D eigenvalue weighted by atomic mass is 9.95. The number of aryl methyl sites for hydroxylation is 1. The number of rotatable bonds is 5. The van der Waals surface area contributed by atoms with Gasteiger partial charge < -0.3 is 14.5 Å². The molecule has 0 fully saturated rings. The van der Waals surface area contributed by atoms with Crippen LogP contribution in [0.5, 0.6) is 0 Å². The Balaban J connectivity index is 1.91. The third-order valence-electron chi connectivity index (χ3n) is 4.19. The highest BCUT2D eigenvalue weighted by atomic mass is 79.9. The molecule has 0 saturated heterocycles. The smallest absolute Gasteiger partial charge is 0.341 e. The van der Waals surface area contributed by atoms with E-state index in [2.05, 4.69) is 37.2 Å². The summed E-state index contributed by atoms with van der Waals surface area (Å²) in [6.07, 6.45) is 5.05. The fraction of sp³-hybridized carbons (Fsp3) is 0.316. The topological polar surface area (TPSA) is 92.3 Å². The number of carbonyl (C=O) groups excluding carboxylic acids is 2. The number of esters is 1. The number of carbonyl (C=O) groups is 2. The predicted octanol–water partition coefficient (Wildman–Crippen LogP) is 5.47. The maximum Gasteiger partial charge on any atom is 0.341 e. The van der Waals surface area contributed by atoms with E-state index in [0.29, 0.717) is 25.5 Å². The first-order valence-electron chi connectivity index (χ1n) is 8.64. The molecular formula is C19H16Br2N2O4S. The summed E-state index contributed by atoms with van der Waals surface area (Å²) in [7, 11) is 0. The third kappa shape index (κ3) is 4.40. The summed E-state index contributed by atoms with van der Waals surface area (Å²) in [5.41, 5.74) is 1.23. The molecule has 2 heterocycles. The number of amides is 1. The van der Waals surface area contributed by atoms with Crippen LogP contribution in [0.25, 0.3) is 6.08 Å². The number of anilines is 1. The van der Waals surface area contributed by atoms with Crippen molar-refractivity contribution in [1.29, 1.82) is 5.26 Å². The quantitative estimate of drug-likeness (QED) is 0.316. The molecule has 28 heavy (non-hydrogen) atoms. The molecule has 0 saturated carbocycles. The predicted molar refractivity (Wildman–Crippen MR) is 113 cm³/mol. The van der Waals surface area contributed by atoms with Crippen molar-refractivity contribution in [1.82, 2.24) is 0 Å². The van der Waals surface area contributed by atoms with Crippen molar-refractivity contribution in [3.8, 4) is 6.07 Å². The van der Waals surface area contributed by atoms with Gasteiger partial charge >= 0.3 is 5.97 Å². The van der Waals surface area contributed by atoms with E-state index in [-0.39, 0.29) is 12.2 Å². The molecule has 0 atom stereocenters. The average Bonchev–Trinajstić information content (AvgIpc) is 3.18. The summed E-state index contributed by atoms with van der Waals surface area (Å²) in [4.78, 5) is 26.2. The molecule has 0 bridgehead atoms. The van der Waals surface area contributed by atoms with E-state index in [1.807, 2.05) is 6.07 Å². The Morgan fingerprint density at radius 1 is 1.39 bits per heavy atom. The van der Waals surface area contributed by atoms with E-state index in [1.165, 1.54) is 17.4 Å². The fourth-order valence-corrected chi connectivity index (χ4v) is 4.85. The number of thiophene rings is 1. The second-order valence-electron chi connectivity index (χ2n) is 6.03. The molecular weight excluding hydrogens is 512 g/mol. The zero-order valence-electron chi connectivity index (χ0n) is 14.9. The molecule has 1 N–H and O–H groups in total. The average molecular weight is 528 g/mol. The van der Waals surface area contributed by atoms with Crippen LogP contribution in [0.4, 0.5) is 5.00 Å². The minimum absolute atomic E-state index is 0.130. The third-order valence-corrected chi connectivity index (χ3v) is 7.11. The Morgan fingerprint density at radius 2 is 2.14 bits per heavy atom. The van der Waals surface area contributed by atoms with Crippen molar-refractivity contribution in [3.05, 3.63) is 42.5 Å². The lowest BCUT2D eigenvalue weighted by Gasteiger charge is -2.12. The number of fused-ring (bicyclic) bond motifs is 1.